The van der Waals surface area contributed by atoms with Gasteiger partial charge >= 0.3 is 30.2 Å². The average molecular weight is 627 g/mol. The lowest BCUT2D eigenvalue weighted by Crippen LogP contribution is -2.38. The zero-order valence-corrected chi connectivity index (χ0v) is 26.0. The highest BCUT2D eigenvalue weighted by atomic mass is 16.6. The maximum atomic E-state index is 12.0. The molecule has 0 saturated carbocycles. The Morgan fingerprint density at radius 3 is 1.27 bits per heavy atom. The highest BCUT2D eigenvalue weighted by molar-refractivity contribution is 5.94. The number of unbranched alkanes of at least 4 members (excludes halogenated alkanes) is 1. The van der Waals surface area contributed by atoms with E-state index in [0.717, 1.165) is 0 Å². The van der Waals surface area contributed by atoms with E-state index in [1.165, 1.54) is 13.8 Å². The van der Waals surface area contributed by atoms with Crippen molar-refractivity contribution < 1.29 is 52.5 Å². The second kappa shape index (κ2) is 24.1. The number of nitrogens with zero attached hydrogens (tertiary/aromatic N) is 1. The van der Waals surface area contributed by atoms with Gasteiger partial charge in [-0.1, -0.05) is 19.7 Å². The van der Waals surface area contributed by atoms with Crippen molar-refractivity contribution in [3.63, 3.8) is 0 Å². The van der Waals surface area contributed by atoms with Crippen molar-refractivity contribution in [2.24, 2.45) is 0 Å². The number of nitrogens with one attached hydrogen (secondary N) is 3. The summed E-state index contributed by atoms with van der Waals surface area (Å²) in [7, 11) is 0. The molecule has 3 N–H and O–H groups in total. The van der Waals surface area contributed by atoms with Crippen molar-refractivity contribution in [2.75, 3.05) is 72.3 Å². The number of hydrogen-bond donors (Lipinski definition) is 3. The Morgan fingerprint density at radius 1 is 0.523 bits per heavy atom. The van der Waals surface area contributed by atoms with Crippen LogP contribution in [0.25, 0.3) is 0 Å². The van der Waals surface area contributed by atoms with Crippen LogP contribution in [0.4, 0.5) is 14.4 Å². The Labute approximate surface area is 258 Å². The first-order valence-corrected chi connectivity index (χ1v) is 14.1. The van der Waals surface area contributed by atoms with Gasteiger partial charge in [-0.05, 0) is 39.2 Å². The van der Waals surface area contributed by atoms with Gasteiger partial charge in [-0.3, -0.25) is 9.69 Å². The van der Waals surface area contributed by atoms with E-state index in [9.17, 15) is 28.8 Å². The number of hydrogen-bond acceptors (Lipinski definition) is 12. The molecule has 0 aliphatic rings. The second-order valence-electron chi connectivity index (χ2n) is 9.52. The summed E-state index contributed by atoms with van der Waals surface area (Å²) in [6.45, 7) is 16.2. The van der Waals surface area contributed by atoms with E-state index < -0.39 is 30.2 Å². The van der Waals surface area contributed by atoms with Crippen molar-refractivity contribution in [3.05, 3.63) is 36.5 Å². The van der Waals surface area contributed by atoms with Gasteiger partial charge in [0, 0.05) is 43.7 Å². The minimum Gasteiger partial charge on any atom is -0.460 e. The molecule has 3 amide bonds. The summed E-state index contributed by atoms with van der Waals surface area (Å²) in [6, 6.07) is 0. The number of amides is 3. The molecule has 0 aliphatic heterocycles. The van der Waals surface area contributed by atoms with E-state index in [1.54, 1.807) is 11.8 Å². The van der Waals surface area contributed by atoms with Crippen LogP contribution in [0.2, 0.25) is 0 Å². The van der Waals surface area contributed by atoms with Crippen LogP contribution in [0.15, 0.2) is 36.5 Å². The summed E-state index contributed by atoms with van der Waals surface area (Å²) < 4.78 is 25.2. The summed E-state index contributed by atoms with van der Waals surface area (Å²) in [5.74, 6) is -1.14. The summed E-state index contributed by atoms with van der Waals surface area (Å²) in [5, 5.41) is 7.50. The van der Waals surface area contributed by atoms with Crippen LogP contribution in [0.1, 0.15) is 40.0 Å². The molecule has 0 saturated heterocycles. The number of esters is 2. The van der Waals surface area contributed by atoms with E-state index in [4.69, 9.17) is 23.7 Å². The van der Waals surface area contributed by atoms with E-state index >= 15 is 0 Å². The molecule has 0 bridgehead atoms. The molecule has 0 aromatic heterocycles. The van der Waals surface area contributed by atoms with Crippen LogP contribution in [0.3, 0.4) is 0 Å². The SMILES string of the molecule is C=C(C)C(=O)CCCCNC(=O)OCCN(CCOC(=O)NCCOC(=O)C(=C)C)CCOC(=O)NCCOC(=O)C(=C)C. The van der Waals surface area contributed by atoms with Crippen LogP contribution >= 0.6 is 0 Å². The van der Waals surface area contributed by atoms with Crippen molar-refractivity contribution in [1.82, 2.24) is 20.9 Å². The molecule has 0 aromatic rings. The largest absolute Gasteiger partial charge is 0.460 e. The van der Waals surface area contributed by atoms with Crippen molar-refractivity contribution in [2.45, 2.75) is 40.0 Å². The first-order valence-electron chi connectivity index (χ1n) is 14.1. The Hall–Kier alpha value is -4.40. The molecule has 44 heavy (non-hydrogen) atoms. The average Bonchev–Trinajstić information content (AvgIpc) is 2.96. The van der Waals surface area contributed by atoms with E-state index in [-0.39, 0.29) is 82.7 Å². The van der Waals surface area contributed by atoms with Gasteiger partial charge in [0.1, 0.15) is 33.0 Å². The van der Waals surface area contributed by atoms with Gasteiger partial charge in [-0.25, -0.2) is 24.0 Å². The van der Waals surface area contributed by atoms with Crippen LogP contribution in [-0.4, -0.2) is 113 Å². The lowest BCUT2D eigenvalue weighted by Gasteiger charge is -2.22. The molecular formula is C29H46N4O11. The third-order valence-electron chi connectivity index (χ3n) is 5.40. The highest BCUT2D eigenvalue weighted by Crippen LogP contribution is 2.01. The number of carbonyl (C=O) groups is 6. The molecular weight excluding hydrogens is 580 g/mol. The molecule has 0 radical (unpaired) electrons. The molecule has 0 aromatic carbocycles. The molecule has 0 aliphatic carbocycles. The lowest BCUT2D eigenvalue weighted by molar-refractivity contribution is -0.139. The number of Topliss-reactive ketones (excluding diaryl/α,β-unsaturated/α-hetero) is 1. The van der Waals surface area contributed by atoms with Crippen LogP contribution in [-0.2, 0) is 38.1 Å². The van der Waals surface area contributed by atoms with E-state index in [1.807, 2.05) is 0 Å². The maximum Gasteiger partial charge on any atom is 0.407 e. The molecule has 0 rings (SSSR count). The number of allylic oxidation sites excluding steroid dienone is 1. The summed E-state index contributed by atoms with van der Waals surface area (Å²) in [6.07, 6.45) is -0.486. The van der Waals surface area contributed by atoms with Gasteiger partial charge < -0.3 is 39.6 Å². The molecule has 0 spiro atoms. The normalized spacial score (nSPS) is 10.2. The molecule has 0 fully saturated rings. The van der Waals surface area contributed by atoms with Crippen LogP contribution < -0.4 is 16.0 Å². The Balaban J connectivity index is 4.52. The van der Waals surface area contributed by atoms with Gasteiger partial charge in [0.2, 0.25) is 0 Å². The van der Waals surface area contributed by atoms with Gasteiger partial charge in [-0.15, -0.1) is 0 Å². The first-order chi connectivity index (χ1) is 20.8. The molecule has 248 valence electrons. The fraction of sp³-hybridized carbons (Fsp3) is 0.586. The lowest BCUT2D eigenvalue weighted by atomic mass is 10.1. The minimum atomic E-state index is -0.722. The number of ketones is 1. The zero-order chi connectivity index (χ0) is 33.3. The minimum absolute atomic E-state index is 0.000542. The van der Waals surface area contributed by atoms with Crippen molar-refractivity contribution >= 4 is 36.0 Å². The van der Waals surface area contributed by atoms with Crippen molar-refractivity contribution in [3.8, 4) is 0 Å². The van der Waals surface area contributed by atoms with Gasteiger partial charge in [0.15, 0.2) is 5.78 Å². The Morgan fingerprint density at radius 2 is 0.909 bits per heavy atom. The number of rotatable bonds is 23. The predicted octanol–water partition coefficient (Wildman–Crippen LogP) is 2.02. The molecule has 15 nitrogen and oxygen atoms in total. The summed E-state index contributed by atoms with van der Waals surface area (Å²) in [5.41, 5.74) is 0.987. The molecule has 0 unspecified atom stereocenters. The zero-order valence-electron chi connectivity index (χ0n) is 26.0. The first kappa shape index (κ1) is 39.6. The molecule has 15 heteroatoms. The topological polar surface area (TPSA) is 188 Å². The summed E-state index contributed by atoms with van der Waals surface area (Å²) >= 11 is 0. The molecule has 0 atom stereocenters. The third-order valence-corrected chi connectivity index (χ3v) is 5.40. The van der Waals surface area contributed by atoms with E-state index in [2.05, 4.69) is 35.7 Å². The van der Waals surface area contributed by atoms with Crippen LogP contribution in [0, 0.1) is 0 Å². The predicted molar refractivity (Wildman–Crippen MR) is 160 cm³/mol. The fourth-order valence-electron chi connectivity index (χ4n) is 2.95. The Bertz CT molecular complexity index is 961. The molecule has 0 heterocycles. The Kier molecular flexibility index (Phi) is 21.7. The number of ether oxygens (including phenoxy) is 5. The van der Waals surface area contributed by atoms with Gasteiger partial charge in [0.05, 0.1) is 13.1 Å². The van der Waals surface area contributed by atoms with Gasteiger partial charge in [-0.2, -0.15) is 0 Å². The van der Waals surface area contributed by atoms with Gasteiger partial charge in [0.25, 0.3) is 0 Å². The second-order valence-corrected chi connectivity index (χ2v) is 9.52. The van der Waals surface area contributed by atoms with E-state index in [0.29, 0.717) is 31.4 Å². The monoisotopic (exact) mass is 626 g/mol. The van der Waals surface area contributed by atoms with Crippen LogP contribution in [0.5, 0.6) is 0 Å². The fourth-order valence-corrected chi connectivity index (χ4v) is 2.95. The van der Waals surface area contributed by atoms with Crippen molar-refractivity contribution in [1.29, 1.82) is 0 Å². The number of carbonyl (C=O) groups excluding carboxylic acids is 6. The third kappa shape index (κ3) is 22.2. The quantitative estimate of drug-likeness (QED) is 0.0649. The summed E-state index contributed by atoms with van der Waals surface area (Å²) in [4.78, 5) is 71.8. The maximum absolute atomic E-state index is 12.0. The number of alkyl carbamates (subject to hydrolysis) is 3. The standard InChI is InChI=1S/C29H46N4O11/c1-21(2)24(34)9-7-8-10-30-27(37)42-18-13-33(14-19-43-28(38)31-11-16-40-25(35)22(3)4)15-20-44-29(39)32-12-17-41-26(36)23(5)6/h1,3,5,7-20H2,2,4,6H3,(H,30,37)(H,31,38)(H,32,39). The highest BCUT2D eigenvalue weighted by Gasteiger charge is 2.12. The smallest absolute Gasteiger partial charge is 0.407 e.